The highest BCUT2D eigenvalue weighted by Crippen LogP contribution is 2.60. The summed E-state index contributed by atoms with van der Waals surface area (Å²) in [5.74, 6) is 4.42. The number of hydrogen-bond donors (Lipinski definition) is 2. The molecule has 4 unspecified atom stereocenters. The molecule has 0 aromatic carbocycles. The lowest BCUT2D eigenvalue weighted by Gasteiger charge is -2.36. The summed E-state index contributed by atoms with van der Waals surface area (Å²) >= 11 is 0. The summed E-state index contributed by atoms with van der Waals surface area (Å²) in [6.45, 7) is 3.22. The first-order valence-corrected chi connectivity index (χ1v) is 8.20. The highest BCUT2D eigenvalue weighted by Gasteiger charge is 2.53. The number of hydrogen-bond acceptors (Lipinski definition) is 4. The number of piperidine rings is 1. The van der Waals surface area contributed by atoms with Crippen molar-refractivity contribution >= 4 is 5.95 Å². The van der Waals surface area contributed by atoms with Gasteiger partial charge in [0.25, 0.3) is 0 Å². The van der Waals surface area contributed by atoms with Gasteiger partial charge in [0.05, 0.1) is 0 Å². The van der Waals surface area contributed by atoms with Gasteiger partial charge in [-0.2, -0.15) is 4.98 Å². The third-order valence-electron chi connectivity index (χ3n) is 5.77. The quantitative estimate of drug-likeness (QED) is 0.866. The van der Waals surface area contributed by atoms with Gasteiger partial charge in [0.1, 0.15) is 5.82 Å². The molecule has 3 N–H and O–H groups in total. The maximum absolute atomic E-state index is 6.17. The van der Waals surface area contributed by atoms with Gasteiger partial charge in [-0.15, -0.1) is 5.10 Å². The van der Waals surface area contributed by atoms with Gasteiger partial charge in [-0.1, -0.05) is 12.8 Å². The van der Waals surface area contributed by atoms with Crippen LogP contribution < -0.4 is 10.6 Å². The van der Waals surface area contributed by atoms with Gasteiger partial charge in [0.15, 0.2) is 0 Å². The zero-order chi connectivity index (χ0) is 13.7. The molecule has 2 saturated carbocycles. The number of nitrogens with zero attached hydrogens (tertiary/aromatic N) is 3. The van der Waals surface area contributed by atoms with Crippen LogP contribution in [0.5, 0.6) is 0 Å². The molecule has 0 radical (unpaired) electrons. The van der Waals surface area contributed by atoms with E-state index in [4.69, 9.17) is 10.7 Å². The third-order valence-corrected chi connectivity index (χ3v) is 5.77. The van der Waals surface area contributed by atoms with E-state index in [2.05, 4.69) is 22.0 Å². The first kappa shape index (κ1) is 12.6. The largest absolute Gasteiger partial charge is 0.335 e. The van der Waals surface area contributed by atoms with Crippen LogP contribution in [-0.2, 0) is 0 Å². The van der Waals surface area contributed by atoms with Crippen LogP contribution in [0, 0.1) is 11.8 Å². The van der Waals surface area contributed by atoms with Gasteiger partial charge in [0, 0.05) is 24.5 Å². The number of aromatic nitrogens is 3. The maximum atomic E-state index is 6.17. The SMILES string of the molecule is CC1C(N)CCCN1c1n[nH]c(C2C3CCCCC32)n1. The molecule has 0 spiro atoms. The van der Waals surface area contributed by atoms with E-state index in [9.17, 15) is 0 Å². The van der Waals surface area contributed by atoms with Crippen LogP contribution in [0.15, 0.2) is 0 Å². The van der Waals surface area contributed by atoms with Crippen LogP contribution in [0.25, 0.3) is 0 Å². The summed E-state index contributed by atoms with van der Waals surface area (Å²) in [4.78, 5) is 7.09. The molecular formula is C15H25N5. The van der Waals surface area contributed by atoms with Gasteiger partial charge >= 0.3 is 0 Å². The Morgan fingerprint density at radius 2 is 1.90 bits per heavy atom. The van der Waals surface area contributed by atoms with Crippen molar-refractivity contribution in [2.75, 3.05) is 11.4 Å². The maximum Gasteiger partial charge on any atom is 0.245 e. The Labute approximate surface area is 120 Å². The minimum atomic E-state index is 0.245. The van der Waals surface area contributed by atoms with E-state index >= 15 is 0 Å². The van der Waals surface area contributed by atoms with E-state index < -0.39 is 0 Å². The number of aromatic amines is 1. The Balaban J connectivity index is 1.51. The summed E-state index contributed by atoms with van der Waals surface area (Å²) in [7, 11) is 0. The number of rotatable bonds is 2. The van der Waals surface area contributed by atoms with Crippen LogP contribution in [0.3, 0.4) is 0 Å². The summed E-state index contributed by atoms with van der Waals surface area (Å²) in [5.41, 5.74) is 6.17. The van der Waals surface area contributed by atoms with Crippen molar-refractivity contribution in [1.29, 1.82) is 0 Å². The molecule has 3 fully saturated rings. The monoisotopic (exact) mass is 275 g/mol. The Kier molecular flexibility index (Phi) is 2.98. The highest BCUT2D eigenvalue weighted by atomic mass is 15.4. The average molecular weight is 275 g/mol. The van der Waals surface area contributed by atoms with Crippen LogP contribution in [0.4, 0.5) is 5.95 Å². The topological polar surface area (TPSA) is 70.8 Å². The predicted molar refractivity (Wildman–Crippen MR) is 78.6 cm³/mol. The van der Waals surface area contributed by atoms with E-state index in [-0.39, 0.29) is 6.04 Å². The van der Waals surface area contributed by atoms with Crippen LogP contribution >= 0.6 is 0 Å². The van der Waals surface area contributed by atoms with Crippen molar-refractivity contribution in [3.05, 3.63) is 5.82 Å². The second kappa shape index (κ2) is 4.72. The number of nitrogens with one attached hydrogen (secondary N) is 1. The molecule has 2 heterocycles. The Bertz CT molecular complexity index is 472. The minimum absolute atomic E-state index is 0.245. The van der Waals surface area contributed by atoms with Crippen molar-refractivity contribution in [2.45, 2.75) is 63.5 Å². The molecule has 4 atom stereocenters. The number of fused-ring (bicyclic) bond motifs is 1. The second-order valence-electron chi connectivity index (χ2n) is 6.90. The molecule has 0 amide bonds. The molecular weight excluding hydrogens is 250 g/mol. The van der Waals surface area contributed by atoms with E-state index in [1.54, 1.807) is 0 Å². The van der Waals surface area contributed by atoms with Crippen molar-refractivity contribution in [1.82, 2.24) is 15.2 Å². The molecule has 0 bridgehead atoms. The summed E-state index contributed by atoms with van der Waals surface area (Å²) < 4.78 is 0. The molecule has 1 aliphatic heterocycles. The van der Waals surface area contributed by atoms with Crippen molar-refractivity contribution in [3.8, 4) is 0 Å². The first-order valence-electron chi connectivity index (χ1n) is 8.20. The number of H-pyrrole nitrogens is 1. The molecule has 5 nitrogen and oxygen atoms in total. The number of anilines is 1. The fourth-order valence-corrected chi connectivity index (χ4v) is 4.40. The zero-order valence-electron chi connectivity index (χ0n) is 12.3. The molecule has 4 rings (SSSR count). The Morgan fingerprint density at radius 1 is 1.15 bits per heavy atom. The van der Waals surface area contributed by atoms with Crippen LogP contribution in [0.1, 0.15) is 57.2 Å². The third kappa shape index (κ3) is 1.94. The van der Waals surface area contributed by atoms with E-state index in [1.165, 1.54) is 25.7 Å². The predicted octanol–water partition coefficient (Wildman–Crippen LogP) is 2.02. The Morgan fingerprint density at radius 3 is 2.65 bits per heavy atom. The molecule has 1 aromatic rings. The van der Waals surface area contributed by atoms with Crippen molar-refractivity contribution < 1.29 is 0 Å². The van der Waals surface area contributed by atoms with Crippen LogP contribution in [0.2, 0.25) is 0 Å². The normalized spacial score (nSPS) is 40.5. The minimum Gasteiger partial charge on any atom is -0.335 e. The van der Waals surface area contributed by atoms with Gasteiger partial charge < -0.3 is 10.6 Å². The highest BCUT2D eigenvalue weighted by molar-refractivity contribution is 5.34. The lowest BCUT2D eigenvalue weighted by Crippen LogP contribution is -2.50. The molecule has 110 valence electrons. The molecule has 1 saturated heterocycles. The van der Waals surface area contributed by atoms with E-state index in [0.29, 0.717) is 12.0 Å². The Hall–Kier alpha value is -1.10. The van der Waals surface area contributed by atoms with Gasteiger partial charge in [-0.3, -0.25) is 5.10 Å². The fraction of sp³-hybridized carbons (Fsp3) is 0.867. The molecule has 20 heavy (non-hydrogen) atoms. The van der Waals surface area contributed by atoms with E-state index in [0.717, 1.165) is 43.0 Å². The summed E-state index contributed by atoms with van der Waals surface area (Å²) in [5, 5.41) is 7.69. The van der Waals surface area contributed by atoms with E-state index in [1.807, 2.05) is 0 Å². The lowest BCUT2D eigenvalue weighted by atomic mass is 9.99. The van der Waals surface area contributed by atoms with Gasteiger partial charge in [-0.25, -0.2) is 0 Å². The van der Waals surface area contributed by atoms with Crippen molar-refractivity contribution in [2.24, 2.45) is 17.6 Å². The second-order valence-corrected chi connectivity index (χ2v) is 6.90. The van der Waals surface area contributed by atoms with Gasteiger partial charge in [-0.05, 0) is 44.4 Å². The zero-order valence-corrected chi connectivity index (χ0v) is 12.3. The van der Waals surface area contributed by atoms with Gasteiger partial charge in [0.2, 0.25) is 5.95 Å². The molecule has 1 aromatic heterocycles. The summed E-state index contributed by atoms with van der Waals surface area (Å²) in [6, 6.07) is 0.586. The lowest BCUT2D eigenvalue weighted by molar-refractivity contribution is 0.416. The standard InChI is InChI=1S/C15H25N5/c1-9-12(16)7-4-8-20(9)15-17-14(18-19-15)13-10-5-2-3-6-11(10)13/h9-13H,2-8,16H2,1H3,(H,17,18,19). The van der Waals surface area contributed by atoms with Crippen LogP contribution in [-0.4, -0.2) is 33.8 Å². The molecule has 5 heteroatoms. The first-order chi connectivity index (χ1) is 9.75. The average Bonchev–Trinajstić information content (AvgIpc) is 3.00. The number of nitrogens with two attached hydrogens (primary N) is 1. The summed E-state index contributed by atoms with van der Waals surface area (Å²) in [6.07, 6.45) is 7.83. The molecule has 3 aliphatic rings. The smallest absolute Gasteiger partial charge is 0.245 e. The van der Waals surface area contributed by atoms with Crippen molar-refractivity contribution in [3.63, 3.8) is 0 Å². The fourth-order valence-electron chi connectivity index (χ4n) is 4.40. The molecule has 2 aliphatic carbocycles.